The van der Waals surface area contributed by atoms with Gasteiger partial charge in [-0.2, -0.15) is 13.2 Å². The summed E-state index contributed by atoms with van der Waals surface area (Å²) in [6.07, 6.45) is -4.20. The average molecular weight is 446 g/mol. The van der Waals surface area contributed by atoms with E-state index >= 15 is 0 Å². The molecule has 0 aromatic heterocycles. The van der Waals surface area contributed by atoms with E-state index in [4.69, 9.17) is 0 Å². The van der Waals surface area contributed by atoms with E-state index in [1.165, 1.54) is 12.1 Å². The normalized spacial score (nSPS) is 22.5. The number of alkyl halides is 3. The Labute approximate surface area is 184 Å². The molecule has 0 aliphatic carbocycles. The molecular formula is C24H25F3N2O3. The van der Waals surface area contributed by atoms with Crippen LogP contribution in [-0.2, 0) is 6.18 Å². The molecule has 2 aliphatic heterocycles. The van der Waals surface area contributed by atoms with E-state index in [0.29, 0.717) is 36.2 Å². The Morgan fingerprint density at radius 1 is 1.06 bits per heavy atom. The number of β-amino-alcohol motifs (C(OH)–C–C–N with tert-alkyl or cyclic N) is 1. The first-order valence-electron chi connectivity index (χ1n) is 10.7. The lowest BCUT2D eigenvalue weighted by atomic mass is 9.91. The summed E-state index contributed by atoms with van der Waals surface area (Å²) in [6, 6.07) is 12.1. The van der Waals surface area contributed by atoms with Crippen LogP contribution in [0, 0.1) is 0 Å². The molecular weight excluding hydrogens is 421 g/mol. The summed E-state index contributed by atoms with van der Waals surface area (Å²) in [7, 11) is 0. The van der Waals surface area contributed by atoms with E-state index in [1.807, 2.05) is 6.92 Å². The number of hydrogen-bond acceptors (Lipinski definition) is 4. The van der Waals surface area contributed by atoms with Gasteiger partial charge in [-0.25, -0.2) is 0 Å². The van der Waals surface area contributed by atoms with Gasteiger partial charge in [0.1, 0.15) is 0 Å². The van der Waals surface area contributed by atoms with E-state index < -0.39 is 17.8 Å². The molecule has 0 saturated carbocycles. The molecule has 8 heteroatoms. The van der Waals surface area contributed by atoms with Gasteiger partial charge in [-0.1, -0.05) is 30.3 Å². The fourth-order valence-electron chi connectivity index (χ4n) is 4.73. The van der Waals surface area contributed by atoms with Gasteiger partial charge in [0.15, 0.2) is 0 Å². The van der Waals surface area contributed by atoms with Crippen molar-refractivity contribution < 1.29 is 27.9 Å². The molecule has 1 saturated heterocycles. The second-order valence-electron chi connectivity index (χ2n) is 8.50. The average Bonchev–Trinajstić information content (AvgIpc) is 3.24. The van der Waals surface area contributed by atoms with Gasteiger partial charge >= 0.3 is 6.18 Å². The Bertz CT molecular complexity index is 989. The Morgan fingerprint density at radius 3 is 2.34 bits per heavy atom. The van der Waals surface area contributed by atoms with E-state index in [2.05, 4.69) is 4.90 Å². The van der Waals surface area contributed by atoms with Crippen molar-refractivity contribution in [2.24, 2.45) is 0 Å². The SMILES string of the molecule is CC1C(c2cccc(C(F)(F)F)c2)CCN1C[C@H](O)CCN1C(=O)c2ccccc2C1=O. The standard InChI is InChI=1S/C24H25F3N2O3/c1-15-19(16-5-4-6-17(13-16)24(25,26)27)10-11-28(15)14-18(30)9-12-29-22(31)20-7-2-3-8-21(20)23(29)32/h2-8,13,15,18-19,30H,9-12,14H2,1H3/t15?,18-,19?/m1/s1. The van der Waals surface area contributed by atoms with Crippen LogP contribution in [0.5, 0.6) is 0 Å². The lowest BCUT2D eigenvalue weighted by molar-refractivity contribution is -0.137. The van der Waals surface area contributed by atoms with Crippen molar-refractivity contribution in [2.75, 3.05) is 19.6 Å². The highest BCUT2D eigenvalue weighted by Crippen LogP contribution is 2.37. The molecule has 0 radical (unpaired) electrons. The van der Waals surface area contributed by atoms with Crippen molar-refractivity contribution in [3.8, 4) is 0 Å². The summed E-state index contributed by atoms with van der Waals surface area (Å²) in [5.41, 5.74) is 0.755. The molecule has 1 fully saturated rings. The first kappa shape index (κ1) is 22.5. The lowest BCUT2D eigenvalue weighted by Crippen LogP contribution is -2.39. The molecule has 2 heterocycles. The minimum absolute atomic E-state index is 0.0348. The summed E-state index contributed by atoms with van der Waals surface area (Å²) in [6.45, 7) is 3.06. The number of likely N-dealkylation sites (tertiary alicyclic amines) is 1. The number of benzene rings is 2. The molecule has 2 aromatic rings. The highest BCUT2D eigenvalue weighted by molar-refractivity contribution is 6.21. The number of halogens is 3. The number of carbonyl (C=O) groups excluding carboxylic acids is 2. The maximum Gasteiger partial charge on any atom is 0.416 e. The quantitative estimate of drug-likeness (QED) is 0.683. The second-order valence-corrected chi connectivity index (χ2v) is 8.50. The first-order valence-corrected chi connectivity index (χ1v) is 10.7. The van der Waals surface area contributed by atoms with Gasteiger partial charge in [0, 0.05) is 25.0 Å². The molecule has 3 atom stereocenters. The van der Waals surface area contributed by atoms with Crippen molar-refractivity contribution in [3.63, 3.8) is 0 Å². The zero-order chi connectivity index (χ0) is 23.0. The van der Waals surface area contributed by atoms with Gasteiger partial charge in [0.2, 0.25) is 0 Å². The van der Waals surface area contributed by atoms with Gasteiger partial charge in [-0.15, -0.1) is 0 Å². The summed E-state index contributed by atoms with van der Waals surface area (Å²) in [4.78, 5) is 28.1. The fourth-order valence-corrected chi connectivity index (χ4v) is 4.73. The Hall–Kier alpha value is -2.71. The van der Waals surface area contributed by atoms with E-state index in [0.717, 1.165) is 11.0 Å². The number of imide groups is 1. The molecule has 4 rings (SSSR count). The number of aliphatic hydroxyl groups excluding tert-OH is 1. The summed E-state index contributed by atoms with van der Waals surface area (Å²) < 4.78 is 39.2. The number of amides is 2. The number of fused-ring (bicyclic) bond motifs is 1. The van der Waals surface area contributed by atoms with Crippen LogP contribution in [0.2, 0.25) is 0 Å². The number of hydrogen-bond donors (Lipinski definition) is 1. The smallest absolute Gasteiger partial charge is 0.392 e. The number of carbonyl (C=O) groups is 2. The molecule has 2 aromatic carbocycles. The number of rotatable bonds is 6. The molecule has 0 spiro atoms. The fraction of sp³-hybridized carbons (Fsp3) is 0.417. The van der Waals surface area contributed by atoms with Crippen LogP contribution < -0.4 is 0 Å². The summed E-state index contributed by atoms with van der Waals surface area (Å²) in [5.74, 6) is -0.755. The van der Waals surface area contributed by atoms with Gasteiger partial charge < -0.3 is 5.11 Å². The molecule has 32 heavy (non-hydrogen) atoms. The number of nitrogens with zero attached hydrogens (tertiary/aromatic N) is 2. The van der Waals surface area contributed by atoms with Crippen LogP contribution in [0.15, 0.2) is 48.5 Å². The maximum absolute atomic E-state index is 13.1. The zero-order valence-electron chi connectivity index (χ0n) is 17.7. The monoisotopic (exact) mass is 446 g/mol. The van der Waals surface area contributed by atoms with Crippen LogP contribution >= 0.6 is 0 Å². The largest absolute Gasteiger partial charge is 0.416 e. The molecule has 2 aliphatic rings. The second kappa shape index (κ2) is 8.67. The van der Waals surface area contributed by atoms with Gasteiger partial charge in [-0.05, 0) is 50.1 Å². The van der Waals surface area contributed by atoms with Gasteiger partial charge in [0.05, 0.1) is 22.8 Å². The molecule has 5 nitrogen and oxygen atoms in total. The molecule has 2 amide bonds. The van der Waals surface area contributed by atoms with E-state index in [-0.39, 0.29) is 36.7 Å². The topological polar surface area (TPSA) is 60.9 Å². The minimum atomic E-state index is -4.38. The molecule has 1 N–H and O–H groups in total. The highest BCUT2D eigenvalue weighted by Gasteiger charge is 2.37. The van der Waals surface area contributed by atoms with Gasteiger partial charge in [-0.3, -0.25) is 19.4 Å². The van der Waals surface area contributed by atoms with Crippen LogP contribution in [-0.4, -0.2) is 58.5 Å². The van der Waals surface area contributed by atoms with E-state index in [1.54, 1.807) is 30.3 Å². The van der Waals surface area contributed by atoms with Gasteiger partial charge in [0.25, 0.3) is 11.8 Å². The zero-order valence-corrected chi connectivity index (χ0v) is 17.7. The maximum atomic E-state index is 13.1. The third-order valence-electron chi connectivity index (χ3n) is 6.54. The molecule has 2 unspecified atom stereocenters. The van der Waals surface area contributed by atoms with Crippen molar-refractivity contribution in [1.29, 1.82) is 0 Å². The van der Waals surface area contributed by atoms with Crippen molar-refractivity contribution in [3.05, 3.63) is 70.8 Å². The minimum Gasteiger partial charge on any atom is -0.392 e. The van der Waals surface area contributed by atoms with Crippen molar-refractivity contribution >= 4 is 11.8 Å². The van der Waals surface area contributed by atoms with Crippen molar-refractivity contribution in [1.82, 2.24) is 9.80 Å². The van der Waals surface area contributed by atoms with Crippen LogP contribution in [0.1, 0.15) is 57.5 Å². The Balaban J connectivity index is 1.34. The van der Waals surface area contributed by atoms with Crippen LogP contribution in [0.25, 0.3) is 0 Å². The summed E-state index contributed by atoms with van der Waals surface area (Å²) >= 11 is 0. The third kappa shape index (κ3) is 4.29. The summed E-state index contributed by atoms with van der Waals surface area (Å²) in [5, 5.41) is 10.5. The molecule has 0 bridgehead atoms. The highest BCUT2D eigenvalue weighted by atomic mass is 19.4. The van der Waals surface area contributed by atoms with E-state index in [9.17, 15) is 27.9 Å². The lowest BCUT2D eigenvalue weighted by Gasteiger charge is -2.27. The Kier molecular flexibility index (Phi) is 6.09. The van der Waals surface area contributed by atoms with Crippen molar-refractivity contribution in [2.45, 2.75) is 44.0 Å². The molecule has 170 valence electrons. The van der Waals surface area contributed by atoms with Crippen LogP contribution in [0.3, 0.4) is 0 Å². The predicted molar refractivity (Wildman–Crippen MR) is 112 cm³/mol. The van der Waals surface area contributed by atoms with Crippen LogP contribution in [0.4, 0.5) is 13.2 Å². The third-order valence-corrected chi connectivity index (χ3v) is 6.54. The Morgan fingerprint density at radius 2 is 1.72 bits per heavy atom. The first-order chi connectivity index (χ1) is 15.2. The number of aliphatic hydroxyl groups is 1. The predicted octanol–water partition coefficient (Wildman–Crippen LogP) is 3.93.